The summed E-state index contributed by atoms with van der Waals surface area (Å²) >= 11 is 1.61. The summed E-state index contributed by atoms with van der Waals surface area (Å²) in [6.07, 6.45) is 0. The molecule has 21 heavy (non-hydrogen) atoms. The molecule has 0 saturated carbocycles. The highest BCUT2D eigenvalue weighted by atomic mass is 32.1. The van der Waals surface area contributed by atoms with Crippen LogP contribution in [-0.2, 0) is 13.2 Å². The van der Waals surface area contributed by atoms with Crippen LogP contribution in [0.25, 0.3) is 0 Å². The van der Waals surface area contributed by atoms with E-state index in [2.05, 4.69) is 17.2 Å². The second-order valence-electron chi connectivity index (χ2n) is 5.25. The Morgan fingerprint density at radius 1 is 1.33 bits per heavy atom. The third-order valence-electron chi connectivity index (χ3n) is 3.09. The molecule has 114 valence electrons. The van der Waals surface area contributed by atoms with E-state index in [1.54, 1.807) is 11.3 Å². The van der Waals surface area contributed by atoms with Gasteiger partial charge in [0.2, 0.25) is 0 Å². The van der Waals surface area contributed by atoms with Crippen LogP contribution in [0.3, 0.4) is 0 Å². The maximum absolute atomic E-state index is 8.96. The number of aromatic nitrogens is 1. The van der Waals surface area contributed by atoms with Crippen LogP contribution in [0.5, 0.6) is 5.75 Å². The van der Waals surface area contributed by atoms with Gasteiger partial charge in [-0.05, 0) is 25.0 Å². The molecule has 0 aliphatic rings. The fraction of sp³-hybridized carbons (Fsp3) is 0.438. The lowest BCUT2D eigenvalue weighted by Gasteiger charge is -2.07. The van der Waals surface area contributed by atoms with Crippen LogP contribution < -0.4 is 10.1 Å². The van der Waals surface area contributed by atoms with Crippen molar-refractivity contribution >= 4 is 11.3 Å². The van der Waals surface area contributed by atoms with Gasteiger partial charge in [0.1, 0.15) is 17.4 Å². The first-order valence-electron chi connectivity index (χ1n) is 7.11. The van der Waals surface area contributed by atoms with E-state index in [-0.39, 0.29) is 12.5 Å². The Morgan fingerprint density at radius 2 is 2.10 bits per heavy atom. The lowest BCUT2D eigenvalue weighted by Crippen LogP contribution is -2.22. The molecule has 1 unspecified atom stereocenters. The Kier molecular flexibility index (Phi) is 6.17. The van der Waals surface area contributed by atoms with Crippen LogP contribution >= 0.6 is 11.3 Å². The zero-order chi connectivity index (χ0) is 15.1. The van der Waals surface area contributed by atoms with Crippen LogP contribution in [0.2, 0.25) is 0 Å². The van der Waals surface area contributed by atoms with Crippen molar-refractivity contribution in [1.82, 2.24) is 10.3 Å². The topological polar surface area (TPSA) is 54.4 Å². The summed E-state index contributed by atoms with van der Waals surface area (Å²) in [5.41, 5.74) is 2.25. The van der Waals surface area contributed by atoms with E-state index >= 15 is 0 Å². The first-order valence-corrected chi connectivity index (χ1v) is 7.99. The third kappa shape index (κ3) is 5.46. The minimum absolute atomic E-state index is 0.208. The van der Waals surface area contributed by atoms with Crippen molar-refractivity contribution in [3.63, 3.8) is 0 Å². The maximum atomic E-state index is 8.96. The molecule has 4 nitrogen and oxygen atoms in total. The fourth-order valence-corrected chi connectivity index (χ4v) is 2.49. The van der Waals surface area contributed by atoms with Crippen LogP contribution in [0.15, 0.2) is 29.6 Å². The summed E-state index contributed by atoms with van der Waals surface area (Å²) in [6, 6.07) is 8.02. The third-order valence-corrected chi connectivity index (χ3v) is 3.96. The lowest BCUT2D eigenvalue weighted by atomic mass is 10.2. The van der Waals surface area contributed by atoms with Gasteiger partial charge in [-0.15, -0.1) is 11.3 Å². The lowest BCUT2D eigenvalue weighted by molar-refractivity contribution is 0.233. The highest BCUT2D eigenvalue weighted by molar-refractivity contribution is 7.09. The maximum Gasteiger partial charge on any atom is 0.140 e. The van der Waals surface area contributed by atoms with E-state index in [0.717, 1.165) is 29.5 Å². The summed E-state index contributed by atoms with van der Waals surface area (Å²) in [6.45, 7) is 6.30. The number of nitrogens with zero attached hydrogens (tertiary/aromatic N) is 1. The molecule has 1 aromatic heterocycles. The van der Waals surface area contributed by atoms with Crippen molar-refractivity contribution in [3.8, 4) is 5.75 Å². The van der Waals surface area contributed by atoms with Crippen molar-refractivity contribution in [2.24, 2.45) is 5.92 Å². The number of nitrogens with one attached hydrogen (secondary N) is 1. The van der Waals surface area contributed by atoms with Crippen LogP contribution in [0, 0.1) is 12.8 Å². The molecular formula is C16H22N2O2S. The Bertz CT molecular complexity index is 539. The molecule has 0 fully saturated rings. The molecule has 0 saturated heterocycles. The van der Waals surface area contributed by atoms with Crippen molar-refractivity contribution in [2.75, 3.05) is 13.2 Å². The monoisotopic (exact) mass is 306 g/mol. The number of hydrogen-bond donors (Lipinski definition) is 2. The van der Waals surface area contributed by atoms with Crippen LogP contribution in [0.4, 0.5) is 0 Å². The van der Waals surface area contributed by atoms with Crippen molar-refractivity contribution < 1.29 is 9.84 Å². The normalized spacial score (nSPS) is 12.3. The van der Waals surface area contributed by atoms with Gasteiger partial charge in [-0.3, -0.25) is 0 Å². The second-order valence-corrected chi connectivity index (χ2v) is 6.20. The van der Waals surface area contributed by atoms with Gasteiger partial charge in [-0.2, -0.15) is 0 Å². The molecule has 1 aromatic carbocycles. The Labute approximate surface area is 129 Å². The van der Waals surface area contributed by atoms with Gasteiger partial charge in [0.25, 0.3) is 0 Å². The zero-order valence-corrected chi connectivity index (χ0v) is 13.3. The molecule has 1 heterocycles. The predicted molar refractivity (Wildman–Crippen MR) is 85.6 cm³/mol. The molecule has 2 aromatic rings. The van der Waals surface area contributed by atoms with Crippen LogP contribution in [-0.4, -0.2) is 23.2 Å². The van der Waals surface area contributed by atoms with E-state index in [1.165, 1.54) is 5.56 Å². The molecule has 5 heteroatoms. The summed E-state index contributed by atoms with van der Waals surface area (Å²) in [5.74, 6) is 1.14. The number of thiazole rings is 1. The Hall–Kier alpha value is -1.43. The molecular weight excluding hydrogens is 284 g/mol. The standard InChI is InChI=1S/C16H22N2O2S/c1-12-3-5-15(6-4-12)20-10-16-18-14(11-21-16)8-17-7-13(2)9-19/h3-6,11,13,17,19H,7-10H2,1-2H3. The molecule has 0 radical (unpaired) electrons. The number of ether oxygens (including phenoxy) is 1. The molecule has 2 N–H and O–H groups in total. The van der Waals surface area contributed by atoms with Crippen molar-refractivity contribution in [1.29, 1.82) is 0 Å². The predicted octanol–water partition coefficient (Wildman–Crippen LogP) is 2.75. The molecule has 0 bridgehead atoms. The smallest absolute Gasteiger partial charge is 0.140 e. The molecule has 2 rings (SSSR count). The zero-order valence-electron chi connectivity index (χ0n) is 12.5. The van der Waals surface area contributed by atoms with E-state index in [1.807, 2.05) is 36.6 Å². The van der Waals surface area contributed by atoms with Crippen LogP contribution in [0.1, 0.15) is 23.2 Å². The molecule has 0 amide bonds. The summed E-state index contributed by atoms with van der Waals surface area (Å²) in [7, 11) is 0. The van der Waals surface area contributed by atoms with E-state index in [9.17, 15) is 0 Å². The highest BCUT2D eigenvalue weighted by Crippen LogP contribution is 2.16. The Morgan fingerprint density at radius 3 is 2.81 bits per heavy atom. The van der Waals surface area contributed by atoms with E-state index in [0.29, 0.717) is 6.61 Å². The average Bonchev–Trinajstić information content (AvgIpc) is 2.94. The first-order chi connectivity index (χ1) is 10.2. The average molecular weight is 306 g/mol. The molecule has 0 aliphatic heterocycles. The second kappa shape index (κ2) is 8.12. The van der Waals surface area contributed by atoms with Gasteiger partial charge < -0.3 is 15.2 Å². The van der Waals surface area contributed by atoms with Gasteiger partial charge >= 0.3 is 0 Å². The SMILES string of the molecule is Cc1ccc(OCc2nc(CNCC(C)CO)cs2)cc1. The van der Waals surface area contributed by atoms with Gasteiger partial charge in [0, 0.05) is 25.1 Å². The van der Waals surface area contributed by atoms with Gasteiger partial charge in [0.05, 0.1) is 5.69 Å². The minimum atomic E-state index is 0.208. The number of benzene rings is 1. The number of aliphatic hydroxyl groups excluding tert-OH is 1. The summed E-state index contributed by atoms with van der Waals surface area (Å²) < 4.78 is 5.71. The number of rotatable bonds is 8. The fourth-order valence-electron chi connectivity index (χ4n) is 1.79. The van der Waals surface area contributed by atoms with Crippen molar-refractivity contribution in [2.45, 2.75) is 27.0 Å². The molecule has 0 spiro atoms. The van der Waals surface area contributed by atoms with Gasteiger partial charge in [0.15, 0.2) is 0 Å². The molecule has 1 atom stereocenters. The van der Waals surface area contributed by atoms with Crippen molar-refractivity contribution in [3.05, 3.63) is 45.9 Å². The van der Waals surface area contributed by atoms with Gasteiger partial charge in [-0.25, -0.2) is 4.98 Å². The van der Waals surface area contributed by atoms with E-state index < -0.39 is 0 Å². The number of aliphatic hydroxyl groups is 1. The quantitative estimate of drug-likeness (QED) is 0.787. The minimum Gasteiger partial charge on any atom is -0.486 e. The largest absolute Gasteiger partial charge is 0.486 e. The number of hydrogen-bond acceptors (Lipinski definition) is 5. The first kappa shape index (κ1) is 15.9. The Balaban J connectivity index is 1.76. The van der Waals surface area contributed by atoms with Gasteiger partial charge in [-0.1, -0.05) is 24.6 Å². The summed E-state index contributed by atoms with van der Waals surface area (Å²) in [4.78, 5) is 4.53. The highest BCUT2D eigenvalue weighted by Gasteiger charge is 2.04. The number of aryl methyl sites for hydroxylation is 1. The summed E-state index contributed by atoms with van der Waals surface area (Å²) in [5, 5.41) is 15.3. The van der Waals surface area contributed by atoms with E-state index in [4.69, 9.17) is 9.84 Å². The molecule has 0 aliphatic carbocycles.